The lowest BCUT2D eigenvalue weighted by atomic mass is 9.94. The quantitative estimate of drug-likeness (QED) is 0.847. The van der Waals surface area contributed by atoms with Crippen molar-refractivity contribution in [3.8, 4) is 0 Å². The highest BCUT2D eigenvalue weighted by Gasteiger charge is 2.37. The number of benzene rings is 1. The third kappa shape index (κ3) is 3.46. The largest absolute Gasteiger partial charge is 0.335 e. The summed E-state index contributed by atoms with van der Waals surface area (Å²) in [6.45, 7) is 2.94. The van der Waals surface area contributed by atoms with Crippen LogP contribution in [0, 0.1) is 17.6 Å². The molecule has 6 heteroatoms. The zero-order chi connectivity index (χ0) is 18.1. The number of carbonyl (C=O) groups excluding carboxylic acids is 1. The smallest absolute Gasteiger partial charge is 0.275 e. The third-order valence-electron chi connectivity index (χ3n) is 5.35. The number of halogens is 2. The van der Waals surface area contributed by atoms with E-state index < -0.39 is 17.5 Å². The number of nitrogens with zero attached hydrogens (tertiary/aromatic N) is 3. The van der Waals surface area contributed by atoms with Crippen LogP contribution >= 0.6 is 0 Å². The molecule has 0 unspecified atom stereocenters. The SMILES string of the molecule is O=C(c1ncc(F)cc1F)N1C[C@@H]2CC[C@H](C1)N(Cc1ccccc1)C2. The molecule has 2 atom stereocenters. The van der Waals surface area contributed by atoms with Crippen LogP contribution in [-0.4, -0.2) is 46.4 Å². The molecule has 3 saturated heterocycles. The Hall–Kier alpha value is -2.34. The highest BCUT2D eigenvalue weighted by atomic mass is 19.1. The monoisotopic (exact) mass is 357 g/mol. The Balaban J connectivity index is 1.51. The molecule has 0 aliphatic carbocycles. The van der Waals surface area contributed by atoms with E-state index in [-0.39, 0.29) is 11.7 Å². The van der Waals surface area contributed by atoms with Gasteiger partial charge >= 0.3 is 0 Å². The number of fused-ring (bicyclic) bond motifs is 4. The summed E-state index contributed by atoms with van der Waals surface area (Å²) in [4.78, 5) is 20.5. The number of amides is 1. The molecular formula is C20H21F2N3O. The fourth-order valence-corrected chi connectivity index (χ4v) is 4.08. The number of piperidine rings is 1. The molecular weight excluding hydrogens is 336 g/mol. The molecule has 1 aromatic carbocycles. The highest BCUT2D eigenvalue weighted by Crippen LogP contribution is 2.30. The summed E-state index contributed by atoms with van der Waals surface area (Å²) >= 11 is 0. The summed E-state index contributed by atoms with van der Waals surface area (Å²) in [7, 11) is 0. The number of carbonyl (C=O) groups is 1. The van der Waals surface area contributed by atoms with Gasteiger partial charge in [0.05, 0.1) is 6.20 Å². The predicted molar refractivity (Wildman–Crippen MR) is 93.4 cm³/mol. The first-order valence-corrected chi connectivity index (χ1v) is 8.98. The van der Waals surface area contributed by atoms with Crippen LogP contribution in [0.25, 0.3) is 0 Å². The van der Waals surface area contributed by atoms with Gasteiger partial charge in [0.2, 0.25) is 0 Å². The van der Waals surface area contributed by atoms with Crippen LogP contribution in [0.1, 0.15) is 28.9 Å². The van der Waals surface area contributed by atoms with Gasteiger partial charge in [-0.3, -0.25) is 9.69 Å². The van der Waals surface area contributed by atoms with Gasteiger partial charge in [0.15, 0.2) is 11.5 Å². The molecule has 4 nitrogen and oxygen atoms in total. The van der Waals surface area contributed by atoms with Gasteiger partial charge in [0, 0.05) is 38.3 Å². The molecule has 1 aromatic heterocycles. The van der Waals surface area contributed by atoms with Gasteiger partial charge in [-0.05, 0) is 24.3 Å². The molecule has 3 aliphatic rings. The van der Waals surface area contributed by atoms with E-state index >= 15 is 0 Å². The van der Waals surface area contributed by atoms with Gasteiger partial charge in [0.25, 0.3) is 5.91 Å². The standard InChI is InChI=1S/C20H21F2N3O/c21-16-8-18(22)19(23-9-16)20(26)25-12-15-6-7-17(13-25)24(11-15)10-14-4-2-1-3-5-14/h1-5,8-9,15,17H,6-7,10-13H2/t15-,17-/m1/s1. The van der Waals surface area contributed by atoms with Crippen molar-refractivity contribution in [3.63, 3.8) is 0 Å². The second-order valence-corrected chi connectivity index (χ2v) is 7.21. The van der Waals surface area contributed by atoms with Crippen LogP contribution in [-0.2, 0) is 6.54 Å². The Kier molecular flexibility index (Phi) is 4.68. The van der Waals surface area contributed by atoms with Crippen molar-refractivity contribution in [2.45, 2.75) is 25.4 Å². The van der Waals surface area contributed by atoms with E-state index in [1.807, 2.05) is 18.2 Å². The van der Waals surface area contributed by atoms with Crippen molar-refractivity contribution in [2.24, 2.45) is 5.92 Å². The third-order valence-corrected chi connectivity index (χ3v) is 5.35. The molecule has 5 rings (SSSR count). The second-order valence-electron chi connectivity index (χ2n) is 7.21. The minimum Gasteiger partial charge on any atom is -0.335 e. The van der Waals surface area contributed by atoms with Crippen LogP contribution in [0.3, 0.4) is 0 Å². The maximum Gasteiger partial charge on any atom is 0.275 e. The minimum atomic E-state index is -0.896. The first-order valence-electron chi connectivity index (χ1n) is 8.98. The van der Waals surface area contributed by atoms with E-state index in [2.05, 4.69) is 22.0 Å². The summed E-state index contributed by atoms with van der Waals surface area (Å²) in [6.07, 6.45) is 2.99. The van der Waals surface area contributed by atoms with Gasteiger partial charge < -0.3 is 4.90 Å². The number of rotatable bonds is 3. The first kappa shape index (κ1) is 17.1. The maximum absolute atomic E-state index is 14.0. The topological polar surface area (TPSA) is 36.4 Å². The molecule has 3 aliphatic heterocycles. The Bertz CT molecular complexity index is 799. The molecule has 2 bridgehead atoms. The number of hydrogen-bond donors (Lipinski definition) is 0. The second kappa shape index (κ2) is 7.11. The Labute approximate surface area is 151 Å². The number of aromatic nitrogens is 1. The van der Waals surface area contributed by atoms with Crippen molar-refractivity contribution in [1.29, 1.82) is 0 Å². The molecule has 4 heterocycles. The average molecular weight is 357 g/mol. The molecule has 0 N–H and O–H groups in total. The van der Waals surface area contributed by atoms with Crippen LogP contribution in [0.2, 0.25) is 0 Å². The van der Waals surface area contributed by atoms with Crippen molar-refractivity contribution in [3.05, 3.63) is 65.5 Å². The van der Waals surface area contributed by atoms with E-state index in [9.17, 15) is 13.6 Å². The summed E-state index contributed by atoms with van der Waals surface area (Å²) < 4.78 is 27.0. The molecule has 26 heavy (non-hydrogen) atoms. The number of hydrogen-bond acceptors (Lipinski definition) is 3. The fourth-order valence-electron chi connectivity index (χ4n) is 4.08. The van der Waals surface area contributed by atoms with Gasteiger partial charge in [-0.2, -0.15) is 0 Å². The van der Waals surface area contributed by atoms with Crippen molar-refractivity contribution in [1.82, 2.24) is 14.8 Å². The van der Waals surface area contributed by atoms with Crippen LogP contribution in [0.5, 0.6) is 0 Å². The van der Waals surface area contributed by atoms with Crippen molar-refractivity contribution >= 4 is 5.91 Å². The van der Waals surface area contributed by atoms with Crippen LogP contribution in [0.15, 0.2) is 42.6 Å². The zero-order valence-electron chi connectivity index (χ0n) is 14.4. The summed E-state index contributed by atoms with van der Waals surface area (Å²) in [5.74, 6) is -1.75. The highest BCUT2D eigenvalue weighted by molar-refractivity contribution is 5.92. The Morgan fingerprint density at radius 1 is 1.12 bits per heavy atom. The average Bonchev–Trinajstić information content (AvgIpc) is 2.94. The maximum atomic E-state index is 14.0. The molecule has 2 aromatic rings. The summed E-state index contributed by atoms with van der Waals surface area (Å²) in [5.41, 5.74) is 0.964. The van der Waals surface area contributed by atoms with E-state index in [0.717, 1.165) is 32.1 Å². The normalized spacial score (nSPS) is 23.1. The van der Waals surface area contributed by atoms with Gasteiger partial charge in [-0.15, -0.1) is 0 Å². The van der Waals surface area contributed by atoms with E-state index in [4.69, 9.17) is 0 Å². The van der Waals surface area contributed by atoms with Crippen molar-refractivity contribution < 1.29 is 13.6 Å². The molecule has 0 radical (unpaired) electrons. The molecule has 0 spiro atoms. The molecule has 3 fully saturated rings. The molecule has 136 valence electrons. The van der Waals surface area contributed by atoms with Crippen LogP contribution in [0.4, 0.5) is 8.78 Å². The van der Waals surface area contributed by atoms with E-state index in [1.54, 1.807) is 4.90 Å². The lowest BCUT2D eigenvalue weighted by Gasteiger charge is -2.36. The van der Waals surface area contributed by atoms with Gasteiger partial charge in [0.1, 0.15) is 5.82 Å². The summed E-state index contributed by atoms with van der Waals surface area (Å²) in [5, 5.41) is 0. The van der Waals surface area contributed by atoms with Gasteiger partial charge in [-0.1, -0.05) is 30.3 Å². The zero-order valence-corrected chi connectivity index (χ0v) is 14.4. The Morgan fingerprint density at radius 3 is 2.69 bits per heavy atom. The van der Waals surface area contributed by atoms with Crippen molar-refractivity contribution in [2.75, 3.05) is 19.6 Å². The van der Waals surface area contributed by atoms with E-state index in [0.29, 0.717) is 25.1 Å². The first-order chi connectivity index (χ1) is 12.6. The fraction of sp³-hybridized carbons (Fsp3) is 0.400. The summed E-state index contributed by atoms with van der Waals surface area (Å²) in [6, 6.07) is 11.3. The van der Waals surface area contributed by atoms with E-state index in [1.165, 1.54) is 5.56 Å². The lowest BCUT2D eigenvalue weighted by molar-refractivity contribution is 0.0724. The molecule has 0 saturated carbocycles. The predicted octanol–water partition coefficient (Wildman–Crippen LogP) is 3.10. The number of pyridine rings is 1. The minimum absolute atomic E-state index is 0.251. The lowest BCUT2D eigenvalue weighted by Crippen LogP contribution is -2.44. The van der Waals surface area contributed by atoms with Crippen LogP contribution < -0.4 is 0 Å². The Morgan fingerprint density at radius 2 is 1.92 bits per heavy atom. The molecule has 1 amide bonds. The van der Waals surface area contributed by atoms with Gasteiger partial charge in [-0.25, -0.2) is 13.8 Å².